The van der Waals surface area contributed by atoms with Crippen LogP contribution in [0.4, 0.5) is 0 Å². The first-order valence-electron chi connectivity index (χ1n) is 6.45. The molecule has 2 unspecified atom stereocenters. The molecule has 1 saturated carbocycles. The Kier molecular flexibility index (Phi) is 4.34. The van der Waals surface area contributed by atoms with E-state index in [1.54, 1.807) is 0 Å². The van der Waals surface area contributed by atoms with Gasteiger partial charge >= 0.3 is 0 Å². The Morgan fingerprint density at radius 3 is 2.31 bits per heavy atom. The second-order valence-electron chi connectivity index (χ2n) is 5.17. The van der Waals surface area contributed by atoms with Crippen LogP contribution in [0.2, 0.25) is 0 Å². The fraction of sp³-hybridized carbons (Fsp3) is 0.600. The highest BCUT2D eigenvalue weighted by Crippen LogP contribution is 2.37. The van der Waals surface area contributed by atoms with Gasteiger partial charge in [0, 0.05) is 10.6 Å². The molecule has 0 N–H and O–H groups in total. The van der Waals surface area contributed by atoms with Crippen LogP contribution in [0.3, 0.4) is 0 Å². The molecule has 0 aliphatic heterocycles. The lowest BCUT2D eigenvalue weighted by atomic mass is 9.75. The molecule has 0 aromatic heterocycles. The largest absolute Gasteiger partial charge is 0.126 e. The molecule has 0 bridgehead atoms. The summed E-state index contributed by atoms with van der Waals surface area (Å²) >= 11 is 2.03. The van der Waals surface area contributed by atoms with Crippen LogP contribution in [0.15, 0.2) is 35.2 Å². The van der Waals surface area contributed by atoms with Gasteiger partial charge in [-0.1, -0.05) is 51.3 Å². The van der Waals surface area contributed by atoms with E-state index in [0.29, 0.717) is 0 Å². The Balaban J connectivity index is 1.89. The molecule has 1 aliphatic carbocycles. The summed E-state index contributed by atoms with van der Waals surface area (Å²) < 4.78 is 0. The second kappa shape index (κ2) is 5.77. The number of benzene rings is 1. The molecule has 2 rings (SSSR count). The van der Waals surface area contributed by atoms with Gasteiger partial charge in [-0.25, -0.2) is 0 Å². The van der Waals surface area contributed by atoms with Crippen LogP contribution in [-0.4, -0.2) is 5.75 Å². The van der Waals surface area contributed by atoms with Crippen LogP contribution in [0.5, 0.6) is 0 Å². The second-order valence-corrected chi connectivity index (χ2v) is 6.27. The lowest BCUT2D eigenvalue weighted by Gasteiger charge is -2.34. The Morgan fingerprint density at radius 2 is 1.69 bits per heavy atom. The molecule has 16 heavy (non-hydrogen) atoms. The number of thioether (sulfide) groups is 1. The lowest BCUT2D eigenvalue weighted by molar-refractivity contribution is 0.202. The Morgan fingerprint density at radius 1 is 1.06 bits per heavy atom. The summed E-state index contributed by atoms with van der Waals surface area (Å²) in [5.41, 5.74) is 0. The summed E-state index contributed by atoms with van der Waals surface area (Å²) in [5, 5.41) is 0. The monoisotopic (exact) mass is 234 g/mol. The fourth-order valence-corrected chi connectivity index (χ4v) is 4.18. The average molecular weight is 234 g/mol. The van der Waals surface area contributed by atoms with E-state index in [1.165, 1.54) is 29.9 Å². The molecule has 1 aromatic rings. The minimum absolute atomic E-state index is 0.916. The molecule has 1 aliphatic rings. The molecule has 1 aromatic carbocycles. The van der Waals surface area contributed by atoms with Crippen molar-refractivity contribution in [1.82, 2.24) is 0 Å². The van der Waals surface area contributed by atoms with Crippen molar-refractivity contribution in [2.75, 3.05) is 5.75 Å². The zero-order valence-electron chi connectivity index (χ0n) is 10.4. The molecular formula is C15H22S. The molecule has 0 radical (unpaired) electrons. The standard InChI is InChI=1S/C15H22S/c1-12-7-6-8-13(2)15(12)11-16-14-9-4-3-5-10-14/h3-5,9-10,12-13,15H,6-8,11H2,1-2H3. The molecule has 0 saturated heterocycles. The van der Waals surface area contributed by atoms with Crippen molar-refractivity contribution in [3.8, 4) is 0 Å². The van der Waals surface area contributed by atoms with Gasteiger partial charge in [-0.15, -0.1) is 11.8 Å². The van der Waals surface area contributed by atoms with E-state index in [0.717, 1.165) is 17.8 Å². The number of hydrogen-bond acceptors (Lipinski definition) is 1. The third-order valence-corrected chi connectivity index (χ3v) is 5.12. The molecule has 2 atom stereocenters. The molecular weight excluding hydrogens is 212 g/mol. The Hall–Kier alpha value is -0.430. The first kappa shape index (κ1) is 12.0. The fourth-order valence-electron chi connectivity index (χ4n) is 2.79. The van der Waals surface area contributed by atoms with Crippen molar-refractivity contribution in [3.63, 3.8) is 0 Å². The maximum Gasteiger partial charge on any atom is 0.00720 e. The minimum atomic E-state index is 0.916. The average Bonchev–Trinajstić information content (AvgIpc) is 2.30. The van der Waals surface area contributed by atoms with Crippen molar-refractivity contribution in [1.29, 1.82) is 0 Å². The van der Waals surface area contributed by atoms with Gasteiger partial charge in [0.1, 0.15) is 0 Å². The third kappa shape index (κ3) is 3.04. The lowest BCUT2D eigenvalue weighted by Crippen LogP contribution is -2.26. The van der Waals surface area contributed by atoms with Crippen molar-refractivity contribution >= 4 is 11.8 Å². The zero-order valence-corrected chi connectivity index (χ0v) is 11.2. The first-order chi connectivity index (χ1) is 7.77. The van der Waals surface area contributed by atoms with Crippen LogP contribution in [-0.2, 0) is 0 Å². The van der Waals surface area contributed by atoms with Gasteiger partial charge in [0.2, 0.25) is 0 Å². The van der Waals surface area contributed by atoms with E-state index in [4.69, 9.17) is 0 Å². The highest BCUT2D eigenvalue weighted by Gasteiger charge is 2.27. The van der Waals surface area contributed by atoms with Gasteiger partial charge in [0.05, 0.1) is 0 Å². The summed E-state index contributed by atoms with van der Waals surface area (Å²) in [7, 11) is 0. The van der Waals surface area contributed by atoms with E-state index >= 15 is 0 Å². The van der Waals surface area contributed by atoms with Crippen molar-refractivity contribution in [2.24, 2.45) is 17.8 Å². The molecule has 0 heterocycles. The maximum atomic E-state index is 2.44. The van der Waals surface area contributed by atoms with Crippen molar-refractivity contribution < 1.29 is 0 Å². The quantitative estimate of drug-likeness (QED) is 0.674. The summed E-state index contributed by atoms with van der Waals surface area (Å²) in [4.78, 5) is 1.42. The summed E-state index contributed by atoms with van der Waals surface area (Å²) in [5.74, 6) is 4.05. The number of rotatable bonds is 3. The predicted molar refractivity (Wildman–Crippen MR) is 72.8 cm³/mol. The van der Waals surface area contributed by atoms with Crippen molar-refractivity contribution in [3.05, 3.63) is 30.3 Å². The van der Waals surface area contributed by atoms with Gasteiger partial charge in [-0.05, 0) is 29.9 Å². The van der Waals surface area contributed by atoms with Gasteiger partial charge in [0.25, 0.3) is 0 Å². The van der Waals surface area contributed by atoms with Crippen LogP contribution >= 0.6 is 11.8 Å². The van der Waals surface area contributed by atoms with Crippen LogP contribution < -0.4 is 0 Å². The van der Waals surface area contributed by atoms with Gasteiger partial charge < -0.3 is 0 Å². The van der Waals surface area contributed by atoms with E-state index in [1.807, 2.05) is 11.8 Å². The molecule has 88 valence electrons. The summed E-state index contributed by atoms with van der Waals surface area (Å²) in [6, 6.07) is 10.8. The molecule has 0 amide bonds. The van der Waals surface area contributed by atoms with Gasteiger partial charge in [0.15, 0.2) is 0 Å². The summed E-state index contributed by atoms with van der Waals surface area (Å²) in [6.45, 7) is 4.87. The smallest absolute Gasteiger partial charge is 0.00720 e. The Labute approximate surface area is 104 Å². The van der Waals surface area contributed by atoms with Gasteiger partial charge in [-0.3, -0.25) is 0 Å². The topological polar surface area (TPSA) is 0 Å². The summed E-state index contributed by atoms with van der Waals surface area (Å²) in [6.07, 6.45) is 4.31. The minimum Gasteiger partial charge on any atom is -0.126 e. The normalized spacial score (nSPS) is 30.2. The van der Waals surface area contributed by atoms with E-state index in [2.05, 4.69) is 44.2 Å². The molecule has 0 spiro atoms. The van der Waals surface area contributed by atoms with Crippen molar-refractivity contribution in [2.45, 2.75) is 38.0 Å². The number of hydrogen-bond donors (Lipinski definition) is 0. The maximum absolute atomic E-state index is 2.44. The SMILES string of the molecule is CC1CCCC(C)C1CSc1ccccc1. The van der Waals surface area contributed by atoms with Crippen LogP contribution in [0.1, 0.15) is 33.1 Å². The Bertz CT molecular complexity index is 296. The molecule has 1 fully saturated rings. The van der Waals surface area contributed by atoms with E-state index in [9.17, 15) is 0 Å². The molecule has 1 heteroatoms. The third-order valence-electron chi connectivity index (χ3n) is 3.97. The van der Waals surface area contributed by atoms with E-state index in [-0.39, 0.29) is 0 Å². The van der Waals surface area contributed by atoms with Crippen LogP contribution in [0, 0.1) is 17.8 Å². The first-order valence-corrected chi connectivity index (χ1v) is 7.44. The van der Waals surface area contributed by atoms with E-state index < -0.39 is 0 Å². The predicted octanol–water partition coefficient (Wildman–Crippen LogP) is 4.85. The van der Waals surface area contributed by atoms with Crippen LogP contribution in [0.25, 0.3) is 0 Å². The highest BCUT2D eigenvalue weighted by atomic mass is 32.2. The molecule has 0 nitrogen and oxygen atoms in total. The highest BCUT2D eigenvalue weighted by molar-refractivity contribution is 7.99. The van der Waals surface area contributed by atoms with Gasteiger partial charge in [-0.2, -0.15) is 0 Å². The zero-order chi connectivity index (χ0) is 11.4.